The Morgan fingerprint density at radius 2 is 1.70 bits per heavy atom. The highest BCUT2D eigenvalue weighted by molar-refractivity contribution is 7.89. The third-order valence-corrected chi connectivity index (χ3v) is 5.96. The fourth-order valence-corrected chi connectivity index (χ4v) is 3.71. The van der Waals surface area contributed by atoms with Gasteiger partial charge in [0.25, 0.3) is 5.56 Å². The number of aromatic nitrogens is 2. The molecule has 0 saturated heterocycles. The van der Waals surface area contributed by atoms with Crippen molar-refractivity contribution in [2.45, 2.75) is 37.9 Å². The molecular formula is C18H26N4O4S. The molecule has 1 aromatic carbocycles. The van der Waals surface area contributed by atoms with Crippen molar-refractivity contribution < 1.29 is 8.42 Å². The van der Waals surface area contributed by atoms with Crippen molar-refractivity contribution in [3.8, 4) is 0 Å². The Hall–Kier alpha value is -2.23. The lowest BCUT2D eigenvalue weighted by Crippen LogP contribution is -2.41. The molecule has 0 aliphatic rings. The van der Waals surface area contributed by atoms with Crippen LogP contribution in [0.3, 0.4) is 0 Å². The maximum atomic E-state index is 12.6. The lowest BCUT2D eigenvalue weighted by Gasteiger charge is -2.22. The second kappa shape index (κ2) is 8.20. The minimum Gasteiger partial charge on any atom is -0.302 e. The van der Waals surface area contributed by atoms with E-state index in [2.05, 4.69) is 23.5 Å². The van der Waals surface area contributed by atoms with E-state index in [4.69, 9.17) is 0 Å². The molecule has 1 aromatic heterocycles. The van der Waals surface area contributed by atoms with Gasteiger partial charge in [0.1, 0.15) is 0 Å². The predicted molar refractivity (Wildman–Crippen MR) is 104 cm³/mol. The summed E-state index contributed by atoms with van der Waals surface area (Å²) >= 11 is 0. The summed E-state index contributed by atoms with van der Waals surface area (Å²) in [5.41, 5.74) is 0.402. The lowest BCUT2D eigenvalue weighted by molar-refractivity contribution is 0.265. The van der Waals surface area contributed by atoms with E-state index in [0.717, 1.165) is 26.5 Å². The summed E-state index contributed by atoms with van der Waals surface area (Å²) in [5.74, 6) is 0. The summed E-state index contributed by atoms with van der Waals surface area (Å²) in [4.78, 5) is 25.7. The standard InChI is InChI=1S/C18H26N4O4S/c1-13(2)20(3)11-15-9-7-6-8-14(15)10-19-27(25,26)16-12-21(4)18(24)22(5)17(16)23/h6-9,12-13,19H,10-11H2,1-5H3. The van der Waals surface area contributed by atoms with Crippen LogP contribution in [-0.2, 0) is 37.2 Å². The van der Waals surface area contributed by atoms with Crippen molar-refractivity contribution in [2.24, 2.45) is 14.1 Å². The van der Waals surface area contributed by atoms with Crippen molar-refractivity contribution in [1.29, 1.82) is 0 Å². The molecule has 0 bridgehead atoms. The SMILES string of the molecule is CC(C)N(C)Cc1ccccc1CNS(=O)(=O)c1cn(C)c(=O)n(C)c1=O. The van der Waals surface area contributed by atoms with E-state index in [-0.39, 0.29) is 6.54 Å². The molecule has 27 heavy (non-hydrogen) atoms. The van der Waals surface area contributed by atoms with Crippen LogP contribution in [0.15, 0.2) is 44.9 Å². The van der Waals surface area contributed by atoms with E-state index in [9.17, 15) is 18.0 Å². The van der Waals surface area contributed by atoms with E-state index >= 15 is 0 Å². The van der Waals surface area contributed by atoms with Crippen molar-refractivity contribution >= 4 is 10.0 Å². The molecule has 0 amide bonds. The minimum atomic E-state index is -4.07. The molecule has 9 heteroatoms. The van der Waals surface area contributed by atoms with Crippen LogP contribution in [0.4, 0.5) is 0 Å². The fraction of sp³-hybridized carbons (Fsp3) is 0.444. The molecule has 1 N–H and O–H groups in total. The van der Waals surface area contributed by atoms with Crippen LogP contribution in [0.5, 0.6) is 0 Å². The monoisotopic (exact) mass is 394 g/mol. The molecule has 0 fully saturated rings. The van der Waals surface area contributed by atoms with Crippen LogP contribution in [0, 0.1) is 0 Å². The number of hydrogen-bond acceptors (Lipinski definition) is 5. The van der Waals surface area contributed by atoms with Crippen molar-refractivity contribution in [2.75, 3.05) is 7.05 Å². The number of hydrogen-bond donors (Lipinski definition) is 1. The van der Waals surface area contributed by atoms with E-state index in [1.165, 1.54) is 14.1 Å². The maximum Gasteiger partial charge on any atom is 0.330 e. The molecule has 2 aromatic rings. The van der Waals surface area contributed by atoms with Crippen molar-refractivity contribution in [3.63, 3.8) is 0 Å². The highest BCUT2D eigenvalue weighted by atomic mass is 32.2. The summed E-state index contributed by atoms with van der Waals surface area (Å²) in [6.07, 6.45) is 1.05. The van der Waals surface area contributed by atoms with Gasteiger partial charge in [-0.2, -0.15) is 0 Å². The Bertz CT molecular complexity index is 1040. The average molecular weight is 394 g/mol. The lowest BCUT2D eigenvalue weighted by atomic mass is 10.1. The number of sulfonamides is 1. The average Bonchev–Trinajstić information content (AvgIpc) is 2.62. The predicted octanol–water partition coefficient (Wildman–Crippen LogP) is 0.403. The summed E-state index contributed by atoms with van der Waals surface area (Å²) in [7, 11) is 0.582. The van der Waals surface area contributed by atoms with Gasteiger partial charge in [-0.05, 0) is 32.0 Å². The second-order valence-corrected chi connectivity index (χ2v) is 8.59. The highest BCUT2D eigenvalue weighted by Gasteiger charge is 2.21. The Morgan fingerprint density at radius 3 is 2.30 bits per heavy atom. The molecule has 0 saturated carbocycles. The number of benzene rings is 1. The van der Waals surface area contributed by atoms with Crippen LogP contribution in [-0.4, -0.2) is 35.5 Å². The molecule has 0 aliphatic carbocycles. The topological polar surface area (TPSA) is 93.4 Å². The zero-order valence-electron chi connectivity index (χ0n) is 16.3. The van der Waals surface area contributed by atoms with Gasteiger partial charge in [0.05, 0.1) is 0 Å². The molecular weight excluding hydrogens is 368 g/mol. The third-order valence-electron chi connectivity index (χ3n) is 4.58. The molecule has 0 spiro atoms. The molecule has 148 valence electrons. The zero-order valence-corrected chi connectivity index (χ0v) is 17.1. The Kier molecular flexibility index (Phi) is 6.40. The maximum absolute atomic E-state index is 12.6. The second-order valence-electron chi connectivity index (χ2n) is 6.85. The molecule has 8 nitrogen and oxygen atoms in total. The first kappa shape index (κ1) is 21.1. The summed E-state index contributed by atoms with van der Waals surface area (Å²) in [6.45, 7) is 4.90. The number of nitrogens with one attached hydrogen (secondary N) is 1. The molecule has 1 heterocycles. The van der Waals surface area contributed by atoms with Crippen LogP contribution in [0.25, 0.3) is 0 Å². The quantitative estimate of drug-likeness (QED) is 0.734. The van der Waals surface area contributed by atoms with E-state index in [1.807, 2.05) is 31.3 Å². The number of nitrogens with zero attached hydrogens (tertiary/aromatic N) is 3. The molecule has 0 unspecified atom stereocenters. The minimum absolute atomic E-state index is 0.0520. The first-order valence-corrected chi connectivity index (χ1v) is 10.1. The first-order valence-electron chi connectivity index (χ1n) is 8.58. The number of rotatable bonds is 7. The molecule has 0 aliphatic heterocycles. The Balaban J connectivity index is 2.30. The van der Waals surface area contributed by atoms with Gasteiger partial charge in [0, 0.05) is 39.4 Å². The van der Waals surface area contributed by atoms with Crippen LogP contribution in [0.1, 0.15) is 25.0 Å². The van der Waals surface area contributed by atoms with Gasteiger partial charge in [0.15, 0.2) is 4.90 Å². The van der Waals surface area contributed by atoms with Gasteiger partial charge in [-0.15, -0.1) is 0 Å². The van der Waals surface area contributed by atoms with E-state index in [0.29, 0.717) is 12.6 Å². The normalized spacial score (nSPS) is 12.1. The van der Waals surface area contributed by atoms with Gasteiger partial charge < -0.3 is 4.57 Å². The molecule has 0 radical (unpaired) electrons. The van der Waals surface area contributed by atoms with Crippen molar-refractivity contribution in [1.82, 2.24) is 18.8 Å². The Morgan fingerprint density at radius 1 is 1.11 bits per heavy atom. The van der Waals surface area contributed by atoms with E-state index in [1.54, 1.807) is 0 Å². The highest BCUT2D eigenvalue weighted by Crippen LogP contribution is 2.13. The number of aryl methyl sites for hydroxylation is 1. The largest absolute Gasteiger partial charge is 0.330 e. The third kappa shape index (κ3) is 4.74. The summed E-state index contributed by atoms with van der Waals surface area (Å²) < 4.78 is 29.6. The Labute approximate surface area is 159 Å². The van der Waals surface area contributed by atoms with Gasteiger partial charge in [-0.3, -0.25) is 14.3 Å². The zero-order chi connectivity index (χ0) is 20.4. The van der Waals surface area contributed by atoms with Gasteiger partial charge >= 0.3 is 5.69 Å². The van der Waals surface area contributed by atoms with Gasteiger partial charge in [-0.1, -0.05) is 24.3 Å². The van der Waals surface area contributed by atoms with Gasteiger partial charge in [-0.25, -0.2) is 17.9 Å². The molecule has 0 atom stereocenters. The van der Waals surface area contributed by atoms with Crippen LogP contribution < -0.4 is 16.0 Å². The fourth-order valence-electron chi connectivity index (χ4n) is 2.55. The van der Waals surface area contributed by atoms with Crippen LogP contribution >= 0.6 is 0 Å². The van der Waals surface area contributed by atoms with Gasteiger partial charge in [0.2, 0.25) is 10.0 Å². The van der Waals surface area contributed by atoms with E-state index < -0.39 is 26.2 Å². The molecule has 2 rings (SSSR count). The smallest absolute Gasteiger partial charge is 0.302 e. The summed E-state index contributed by atoms with van der Waals surface area (Å²) in [5, 5.41) is 0. The van der Waals surface area contributed by atoms with Crippen molar-refractivity contribution in [3.05, 3.63) is 62.4 Å². The summed E-state index contributed by atoms with van der Waals surface area (Å²) in [6, 6.07) is 7.90. The van der Waals surface area contributed by atoms with Crippen LogP contribution in [0.2, 0.25) is 0 Å². The first-order chi connectivity index (χ1) is 12.5.